The third-order valence-electron chi connectivity index (χ3n) is 8.15. The summed E-state index contributed by atoms with van der Waals surface area (Å²) in [7, 11) is 0. The number of rotatable bonds is 14. The lowest BCUT2D eigenvalue weighted by molar-refractivity contribution is -0.163. The van der Waals surface area contributed by atoms with Crippen LogP contribution < -0.4 is 10.1 Å². The Labute approximate surface area is 274 Å². The highest BCUT2D eigenvalue weighted by Crippen LogP contribution is 2.38. The predicted molar refractivity (Wildman–Crippen MR) is 181 cm³/mol. The standard InChI is InChI=1S/C38H41NO8/c1-5-38(4,25-37(2,3)34(42)46-23-21-40)35(43)45-22-20-39-36(44)47-29-16-14-26(15-17-29)33(41)19-18-32-30-12-8-6-10-27(30)24-28-11-7-9-13-31(28)32/h6-19,24,40H,5,20-23,25H2,1-4H3,(H,39,44). The van der Waals surface area contributed by atoms with Gasteiger partial charge in [0.15, 0.2) is 5.78 Å². The Morgan fingerprint density at radius 3 is 2.00 bits per heavy atom. The second kappa shape index (κ2) is 15.5. The minimum absolute atomic E-state index is 0.0104. The topological polar surface area (TPSA) is 128 Å². The lowest BCUT2D eigenvalue weighted by Crippen LogP contribution is -2.39. The fraction of sp³-hybridized carbons (Fsp3) is 0.316. The van der Waals surface area contributed by atoms with Crippen molar-refractivity contribution in [3.63, 3.8) is 0 Å². The van der Waals surface area contributed by atoms with Gasteiger partial charge in [-0.05, 0) is 103 Å². The van der Waals surface area contributed by atoms with Gasteiger partial charge in [0.25, 0.3) is 0 Å². The maximum absolute atomic E-state index is 13.0. The van der Waals surface area contributed by atoms with Gasteiger partial charge in [0, 0.05) is 5.56 Å². The molecule has 0 spiro atoms. The first-order valence-electron chi connectivity index (χ1n) is 15.6. The van der Waals surface area contributed by atoms with Gasteiger partial charge in [0.1, 0.15) is 19.0 Å². The van der Waals surface area contributed by atoms with E-state index in [9.17, 15) is 19.2 Å². The van der Waals surface area contributed by atoms with Crippen LogP contribution in [0.1, 0.15) is 56.5 Å². The van der Waals surface area contributed by atoms with E-state index in [0.717, 1.165) is 27.1 Å². The summed E-state index contributed by atoms with van der Waals surface area (Å²) < 4.78 is 15.8. The van der Waals surface area contributed by atoms with Gasteiger partial charge in [-0.2, -0.15) is 0 Å². The van der Waals surface area contributed by atoms with Crippen molar-refractivity contribution in [2.75, 3.05) is 26.4 Å². The van der Waals surface area contributed by atoms with E-state index in [2.05, 4.69) is 23.5 Å². The molecule has 0 heterocycles. The molecule has 47 heavy (non-hydrogen) atoms. The average molecular weight is 640 g/mol. The number of amides is 1. The van der Waals surface area contributed by atoms with Crippen LogP contribution in [0.5, 0.6) is 5.75 Å². The molecule has 0 bridgehead atoms. The van der Waals surface area contributed by atoms with E-state index in [1.807, 2.05) is 49.4 Å². The largest absolute Gasteiger partial charge is 0.463 e. The highest BCUT2D eigenvalue weighted by atomic mass is 16.6. The Bertz CT molecular complexity index is 1720. The molecule has 1 amide bonds. The van der Waals surface area contributed by atoms with E-state index in [1.165, 1.54) is 12.1 Å². The molecule has 0 aromatic heterocycles. The number of allylic oxidation sites excluding steroid dienone is 1. The highest BCUT2D eigenvalue weighted by Gasteiger charge is 2.42. The van der Waals surface area contributed by atoms with E-state index in [1.54, 1.807) is 39.0 Å². The number of fused-ring (bicyclic) bond motifs is 2. The second-order valence-corrected chi connectivity index (χ2v) is 12.2. The first kappa shape index (κ1) is 34.8. The highest BCUT2D eigenvalue weighted by molar-refractivity contribution is 6.11. The number of carbonyl (C=O) groups excluding carboxylic acids is 4. The van der Waals surface area contributed by atoms with Gasteiger partial charge >= 0.3 is 18.0 Å². The molecule has 4 rings (SSSR count). The van der Waals surface area contributed by atoms with Crippen molar-refractivity contribution in [3.05, 3.63) is 96.1 Å². The van der Waals surface area contributed by atoms with Crippen LogP contribution in [0.25, 0.3) is 27.6 Å². The predicted octanol–water partition coefficient (Wildman–Crippen LogP) is 6.89. The van der Waals surface area contributed by atoms with Gasteiger partial charge in [0.2, 0.25) is 0 Å². The third-order valence-corrected chi connectivity index (χ3v) is 8.15. The Hall–Kier alpha value is -5.02. The van der Waals surface area contributed by atoms with Gasteiger partial charge in [0.05, 0.1) is 24.0 Å². The molecule has 246 valence electrons. The van der Waals surface area contributed by atoms with Gasteiger partial charge in [-0.15, -0.1) is 0 Å². The molecule has 0 aliphatic heterocycles. The number of ether oxygens (including phenoxy) is 3. The minimum atomic E-state index is -0.969. The number of esters is 2. The minimum Gasteiger partial charge on any atom is -0.463 e. The summed E-state index contributed by atoms with van der Waals surface area (Å²) in [6, 6.07) is 24.5. The number of hydrogen-bond donors (Lipinski definition) is 2. The molecule has 1 atom stereocenters. The van der Waals surface area contributed by atoms with E-state index in [0.29, 0.717) is 12.0 Å². The summed E-state index contributed by atoms with van der Waals surface area (Å²) in [5.74, 6) is -0.952. The van der Waals surface area contributed by atoms with E-state index in [-0.39, 0.29) is 44.3 Å². The van der Waals surface area contributed by atoms with Crippen molar-refractivity contribution in [1.82, 2.24) is 5.32 Å². The Kier molecular flexibility index (Phi) is 11.5. The SMILES string of the molecule is CCC(C)(CC(C)(C)C(=O)OCCO)C(=O)OCCNC(=O)Oc1ccc(C(=O)C=Cc2c3ccccc3cc3ccccc23)cc1. The monoisotopic (exact) mass is 639 g/mol. The van der Waals surface area contributed by atoms with Crippen molar-refractivity contribution in [2.24, 2.45) is 10.8 Å². The van der Waals surface area contributed by atoms with Crippen LogP contribution in [0.4, 0.5) is 4.79 Å². The summed E-state index contributed by atoms with van der Waals surface area (Å²) in [6.07, 6.45) is 3.25. The van der Waals surface area contributed by atoms with Crippen molar-refractivity contribution in [1.29, 1.82) is 0 Å². The molecule has 0 radical (unpaired) electrons. The van der Waals surface area contributed by atoms with E-state index < -0.39 is 28.9 Å². The van der Waals surface area contributed by atoms with Crippen LogP contribution in [-0.2, 0) is 19.1 Å². The summed E-state index contributed by atoms with van der Waals surface area (Å²) in [5, 5.41) is 15.7. The van der Waals surface area contributed by atoms with Crippen molar-refractivity contribution < 1.29 is 38.5 Å². The van der Waals surface area contributed by atoms with Crippen LogP contribution in [0.3, 0.4) is 0 Å². The summed E-state index contributed by atoms with van der Waals surface area (Å²) in [6.45, 7) is 6.43. The molecule has 0 saturated heterocycles. The van der Waals surface area contributed by atoms with Crippen LogP contribution in [-0.4, -0.2) is 55.3 Å². The summed E-state index contributed by atoms with van der Waals surface area (Å²) >= 11 is 0. The van der Waals surface area contributed by atoms with E-state index in [4.69, 9.17) is 19.3 Å². The number of hydrogen-bond acceptors (Lipinski definition) is 8. The molecule has 9 heteroatoms. The average Bonchev–Trinajstić information content (AvgIpc) is 3.07. The Morgan fingerprint density at radius 1 is 0.809 bits per heavy atom. The number of benzene rings is 4. The Balaban J connectivity index is 1.28. The molecule has 9 nitrogen and oxygen atoms in total. The smallest absolute Gasteiger partial charge is 0.412 e. The van der Waals surface area contributed by atoms with Crippen molar-refractivity contribution in [2.45, 2.75) is 40.5 Å². The zero-order valence-corrected chi connectivity index (χ0v) is 27.2. The van der Waals surface area contributed by atoms with Crippen LogP contribution >= 0.6 is 0 Å². The molecular weight excluding hydrogens is 598 g/mol. The zero-order chi connectivity index (χ0) is 34.0. The van der Waals surface area contributed by atoms with E-state index >= 15 is 0 Å². The Morgan fingerprint density at radius 2 is 1.40 bits per heavy atom. The lowest BCUT2D eigenvalue weighted by atomic mass is 9.72. The molecule has 0 saturated carbocycles. The number of carbonyl (C=O) groups is 4. The zero-order valence-electron chi connectivity index (χ0n) is 27.2. The number of nitrogens with one attached hydrogen (secondary N) is 1. The fourth-order valence-electron chi connectivity index (χ4n) is 5.51. The van der Waals surface area contributed by atoms with Gasteiger partial charge in [-0.3, -0.25) is 14.4 Å². The van der Waals surface area contributed by atoms with Gasteiger partial charge < -0.3 is 24.6 Å². The lowest BCUT2D eigenvalue weighted by Gasteiger charge is -2.33. The third kappa shape index (κ3) is 8.83. The number of aliphatic hydroxyl groups is 1. The van der Waals surface area contributed by atoms with Crippen LogP contribution in [0, 0.1) is 10.8 Å². The molecule has 0 aliphatic carbocycles. The fourth-order valence-corrected chi connectivity index (χ4v) is 5.51. The van der Waals surface area contributed by atoms with Crippen molar-refractivity contribution >= 4 is 51.4 Å². The van der Waals surface area contributed by atoms with Gasteiger partial charge in [-0.25, -0.2) is 4.79 Å². The quantitative estimate of drug-likeness (QED) is 0.0502. The van der Waals surface area contributed by atoms with Crippen LogP contribution in [0.15, 0.2) is 84.9 Å². The summed E-state index contributed by atoms with van der Waals surface area (Å²) in [5.41, 5.74) is -0.520. The molecule has 1 unspecified atom stereocenters. The first-order valence-corrected chi connectivity index (χ1v) is 15.6. The molecule has 0 fully saturated rings. The maximum Gasteiger partial charge on any atom is 0.412 e. The van der Waals surface area contributed by atoms with Gasteiger partial charge in [-0.1, -0.05) is 55.5 Å². The van der Waals surface area contributed by atoms with Crippen LogP contribution in [0.2, 0.25) is 0 Å². The molecule has 2 N–H and O–H groups in total. The number of aliphatic hydroxyl groups excluding tert-OH is 1. The molecule has 4 aromatic carbocycles. The summed E-state index contributed by atoms with van der Waals surface area (Å²) in [4.78, 5) is 50.6. The first-order chi connectivity index (χ1) is 22.5. The molecule has 4 aromatic rings. The second-order valence-electron chi connectivity index (χ2n) is 12.2. The number of ketones is 1. The van der Waals surface area contributed by atoms with Crippen molar-refractivity contribution in [3.8, 4) is 5.75 Å². The molecular formula is C38H41NO8. The maximum atomic E-state index is 13.0. The molecule has 0 aliphatic rings. The normalized spacial score (nSPS) is 12.9.